The largest absolute Gasteiger partial charge is 0.476 e. The predicted molar refractivity (Wildman–Crippen MR) is 133 cm³/mol. The van der Waals surface area contributed by atoms with Crippen LogP contribution in [-0.4, -0.2) is 16.1 Å². The lowest BCUT2D eigenvalue weighted by Crippen LogP contribution is -2.14. The highest BCUT2D eigenvalue weighted by Gasteiger charge is 2.21. The molecular formula is C26H23BrN2O4. The molecule has 2 heterocycles. The van der Waals surface area contributed by atoms with Crippen LogP contribution in [0.25, 0.3) is 22.3 Å². The van der Waals surface area contributed by atoms with Crippen molar-refractivity contribution in [1.29, 1.82) is 0 Å². The minimum atomic E-state index is -1.14. The molecule has 0 fully saturated rings. The van der Waals surface area contributed by atoms with E-state index in [1.807, 2.05) is 57.2 Å². The first-order chi connectivity index (χ1) is 15.7. The number of benzene rings is 2. The van der Waals surface area contributed by atoms with Crippen LogP contribution < -0.4 is 10.7 Å². The molecule has 6 nitrogen and oxygen atoms in total. The van der Waals surface area contributed by atoms with Crippen molar-refractivity contribution in [2.24, 2.45) is 0 Å². The summed E-state index contributed by atoms with van der Waals surface area (Å²) in [5.74, 6) is -0.603. The number of fused-ring (bicyclic) bond motifs is 1. The number of carbonyl (C=O) groups is 1. The number of hydrogen-bond acceptors (Lipinski definition) is 5. The van der Waals surface area contributed by atoms with E-state index in [0.717, 1.165) is 22.3 Å². The highest BCUT2D eigenvalue weighted by molar-refractivity contribution is 9.10. The molecule has 0 saturated heterocycles. The van der Waals surface area contributed by atoms with E-state index in [9.17, 15) is 14.7 Å². The van der Waals surface area contributed by atoms with Gasteiger partial charge in [-0.05, 0) is 73.5 Å². The zero-order valence-electron chi connectivity index (χ0n) is 18.7. The normalized spacial score (nSPS) is 12.0. The van der Waals surface area contributed by atoms with Gasteiger partial charge in [-0.25, -0.2) is 9.78 Å². The van der Waals surface area contributed by atoms with Crippen LogP contribution in [0.5, 0.6) is 0 Å². The van der Waals surface area contributed by atoms with Crippen LogP contribution in [0.2, 0.25) is 0 Å². The molecule has 0 radical (unpaired) electrons. The predicted octanol–water partition coefficient (Wildman–Crippen LogP) is 6.41. The van der Waals surface area contributed by atoms with Crippen LogP contribution >= 0.6 is 15.9 Å². The van der Waals surface area contributed by atoms with Gasteiger partial charge in [-0.1, -0.05) is 29.8 Å². The molecule has 0 bridgehead atoms. The van der Waals surface area contributed by atoms with E-state index in [4.69, 9.17) is 4.42 Å². The summed E-state index contributed by atoms with van der Waals surface area (Å²) in [6, 6.07) is 14.6. The molecule has 0 spiro atoms. The summed E-state index contributed by atoms with van der Waals surface area (Å²) >= 11 is 3.22. The molecule has 2 N–H and O–H groups in total. The van der Waals surface area contributed by atoms with Gasteiger partial charge in [0.05, 0.1) is 17.1 Å². The van der Waals surface area contributed by atoms with Crippen molar-refractivity contribution >= 4 is 38.6 Å². The number of pyridine rings is 1. The lowest BCUT2D eigenvalue weighted by atomic mass is 9.98. The molecule has 7 heteroatoms. The topological polar surface area (TPSA) is 92.4 Å². The third kappa shape index (κ3) is 4.41. The summed E-state index contributed by atoms with van der Waals surface area (Å²) in [5.41, 5.74) is 4.81. The molecule has 33 heavy (non-hydrogen) atoms. The van der Waals surface area contributed by atoms with Gasteiger partial charge < -0.3 is 14.8 Å². The zero-order valence-corrected chi connectivity index (χ0v) is 20.3. The Morgan fingerprint density at radius 1 is 1.09 bits per heavy atom. The number of aromatic carboxylic acids is 1. The molecule has 2 aromatic heterocycles. The first-order valence-electron chi connectivity index (χ1n) is 10.5. The van der Waals surface area contributed by atoms with Crippen molar-refractivity contribution < 1.29 is 14.3 Å². The van der Waals surface area contributed by atoms with Crippen LogP contribution in [0.4, 0.5) is 5.69 Å². The molecule has 168 valence electrons. The molecular weight excluding hydrogens is 484 g/mol. The quantitative estimate of drug-likeness (QED) is 0.303. The fourth-order valence-electron chi connectivity index (χ4n) is 3.98. The number of aromatic nitrogens is 1. The van der Waals surface area contributed by atoms with Crippen molar-refractivity contribution in [3.63, 3.8) is 0 Å². The molecule has 1 atom stereocenters. The Morgan fingerprint density at radius 3 is 2.55 bits per heavy atom. The Hall–Kier alpha value is -3.45. The van der Waals surface area contributed by atoms with Gasteiger partial charge in [-0.3, -0.25) is 4.79 Å². The number of nitrogens with one attached hydrogen (secondary N) is 1. The van der Waals surface area contributed by atoms with Crippen LogP contribution in [0.3, 0.4) is 0 Å². The Bertz CT molecular complexity index is 1460. The Morgan fingerprint density at radius 2 is 1.85 bits per heavy atom. The Labute approximate surface area is 199 Å². The number of aryl methyl sites for hydroxylation is 2. The van der Waals surface area contributed by atoms with Gasteiger partial charge in [-0.15, -0.1) is 0 Å². The van der Waals surface area contributed by atoms with Gasteiger partial charge in [0.1, 0.15) is 15.9 Å². The van der Waals surface area contributed by atoms with E-state index in [1.54, 1.807) is 19.1 Å². The summed E-state index contributed by atoms with van der Waals surface area (Å²) < 4.78 is 6.81. The lowest BCUT2D eigenvalue weighted by molar-refractivity contribution is 0.0691. The molecule has 4 rings (SSSR count). The van der Waals surface area contributed by atoms with E-state index in [2.05, 4.69) is 26.2 Å². The summed E-state index contributed by atoms with van der Waals surface area (Å²) in [7, 11) is 0. The molecule has 0 aliphatic rings. The van der Waals surface area contributed by atoms with E-state index in [1.165, 1.54) is 0 Å². The Balaban J connectivity index is 1.89. The molecule has 0 amide bonds. The summed E-state index contributed by atoms with van der Waals surface area (Å²) in [6.45, 7) is 7.58. The van der Waals surface area contributed by atoms with Gasteiger partial charge >= 0.3 is 5.97 Å². The average Bonchev–Trinajstić information content (AvgIpc) is 2.77. The van der Waals surface area contributed by atoms with E-state index in [-0.39, 0.29) is 17.2 Å². The second kappa shape index (κ2) is 8.83. The van der Waals surface area contributed by atoms with Gasteiger partial charge in [0.25, 0.3) is 0 Å². The molecule has 1 unspecified atom stereocenters. The first-order valence-corrected chi connectivity index (χ1v) is 11.3. The fraction of sp³-hybridized carbons (Fsp3) is 0.192. The molecule has 0 aliphatic carbocycles. The number of hydrogen-bond donors (Lipinski definition) is 2. The third-order valence-corrected chi connectivity index (χ3v) is 6.02. The van der Waals surface area contributed by atoms with Crippen LogP contribution in [-0.2, 0) is 0 Å². The van der Waals surface area contributed by atoms with E-state index >= 15 is 0 Å². The number of halogens is 1. The highest BCUT2D eigenvalue weighted by atomic mass is 79.9. The summed E-state index contributed by atoms with van der Waals surface area (Å²) in [4.78, 5) is 29.1. The highest BCUT2D eigenvalue weighted by Crippen LogP contribution is 2.33. The van der Waals surface area contributed by atoms with E-state index < -0.39 is 5.97 Å². The van der Waals surface area contributed by atoms with Crippen molar-refractivity contribution in [3.8, 4) is 11.3 Å². The maximum Gasteiger partial charge on any atom is 0.356 e. The second-order valence-electron chi connectivity index (χ2n) is 8.19. The minimum Gasteiger partial charge on any atom is -0.476 e. The van der Waals surface area contributed by atoms with Gasteiger partial charge in [0, 0.05) is 16.7 Å². The van der Waals surface area contributed by atoms with Crippen LogP contribution in [0, 0.1) is 20.8 Å². The number of carboxylic acid groups (broad SMARTS) is 1. The number of rotatable bonds is 5. The Kier molecular flexibility index (Phi) is 6.08. The van der Waals surface area contributed by atoms with Crippen molar-refractivity contribution in [1.82, 2.24) is 4.98 Å². The van der Waals surface area contributed by atoms with Gasteiger partial charge in [0.15, 0.2) is 11.1 Å². The molecule has 4 aromatic rings. The van der Waals surface area contributed by atoms with Gasteiger partial charge in [0.2, 0.25) is 0 Å². The molecule has 0 aliphatic heterocycles. The van der Waals surface area contributed by atoms with Crippen molar-refractivity contribution in [3.05, 3.63) is 91.3 Å². The monoisotopic (exact) mass is 506 g/mol. The second-order valence-corrected chi connectivity index (χ2v) is 9.00. The van der Waals surface area contributed by atoms with Crippen molar-refractivity contribution in [2.45, 2.75) is 33.7 Å². The standard InChI is InChI=1S/C26H23BrN2O4/c1-13-6-5-7-17(10-13)24-15(3)23(30)19-12-14(2)11-18(25(19)33-24)16(4)28-20-8-9-21(27)29-22(20)26(31)32/h5-12,16,28H,1-4H3,(H,31,32). The zero-order chi connectivity index (χ0) is 23.9. The number of carboxylic acids is 1. The summed E-state index contributed by atoms with van der Waals surface area (Å²) in [6.07, 6.45) is 0. The smallest absolute Gasteiger partial charge is 0.356 e. The average molecular weight is 507 g/mol. The van der Waals surface area contributed by atoms with Crippen molar-refractivity contribution in [2.75, 3.05) is 5.32 Å². The summed E-state index contributed by atoms with van der Waals surface area (Å²) in [5, 5.41) is 13.3. The number of anilines is 1. The SMILES string of the molecule is Cc1cccc(-c2oc3c(C(C)Nc4ccc(Br)nc4C(=O)O)cc(C)cc3c(=O)c2C)c1. The molecule has 2 aromatic carbocycles. The lowest BCUT2D eigenvalue weighted by Gasteiger charge is -2.19. The van der Waals surface area contributed by atoms with Crippen LogP contribution in [0.1, 0.15) is 45.7 Å². The third-order valence-electron chi connectivity index (χ3n) is 5.57. The maximum atomic E-state index is 13.3. The van der Waals surface area contributed by atoms with Gasteiger partial charge in [-0.2, -0.15) is 0 Å². The van der Waals surface area contributed by atoms with E-state index in [0.29, 0.717) is 32.6 Å². The maximum absolute atomic E-state index is 13.3. The van der Waals surface area contributed by atoms with Crippen LogP contribution in [0.15, 0.2) is 62.3 Å². The minimum absolute atomic E-state index is 0.0820. The fourth-order valence-corrected chi connectivity index (χ4v) is 4.29. The molecule has 0 saturated carbocycles. The number of nitrogens with zero attached hydrogens (tertiary/aromatic N) is 1. The first kappa shape index (κ1) is 22.7.